The van der Waals surface area contributed by atoms with Crippen LogP contribution in [-0.2, 0) is 0 Å². The first kappa shape index (κ1) is 12.7. The number of hydrogen-bond acceptors (Lipinski definition) is 3. The second kappa shape index (κ2) is 3.84. The van der Waals surface area contributed by atoms with Gasteiger partial charge in [0.15, 0.2) is 0 Å². The Morgan fingerprint density at radius 1 is 1.42 bits per heavy atom. The standard InChI is InChI=1S/C15H22N2O2/c1-10-5-12(19-16-10)13(18)17-9-15(4)7-11(17)6-14(2,3)8-15/h5,11H,6-9H2,1-4H3/t11-,15-/m0/s1. The Balaban J connectivity index is 1.86. The van der Waals surface area contributed by atoms with E-state index in [1.807, 2.05) is 11.8 Å². The number of nitrogens with zero attached hydrogens (tertiary/aromatic N) is 2. The molecule has 4 nitrogen and oxygen atoms in total. The minimum atomic E-state index is 0.00650. The molecule has 1 aromatic rings. The molecule has 0 radical (unpaired) electrons. The predicted octanol–water partition coefficient (Wildman–Crippen LogP) is 3.02. The molecule has 2 fully saturated rings. The Bertz CT molecular complexity index is 520. The van der Waals surface area contributed by atoms with Crippen LogP contribution in [0.25, 0.3) is 0 Å². The topological polar surface area (TPSA) is 46.3 Å². The third kappa shape index (κ3) is 2.17. The van der Waals surface area contributed by atoms with E-state index in [-0.39, 0.29) is 11.3 Å². The van der Waals surface area contributed by atoms with Crippen molar-refractivity contribution >= 4 is 5.91 Å². The SMILES string of the molecule is Cc1cc(C(=O)N2C[C@@]3(C)C[C@@H]2CC(C)(C)C3)on1. The summed E-state index contributed by atoms with van der Waals surface area (Å²) >= 11 is 0. The first-order valence-electron chi connectivity index (χ1n) is 7.02. The van der Waals surface area contributed by atoms with Crippen molar-refractivity contribution in [3.63, 3.8) is 0 Å². The van der Waals surface area contributed by atoms with Crippen LogP contribution in [0.3, 0.4) is 0 Å². The van der Waals surface area contributed by atoms with E-state index >= 15 is 0 Å². The lowest BCUT2D eigenvalue weighted by Crippen LogP contribution is -2.37. The summed E-state index contributed by atoms with van der Waals surface area (Å²) < 4.78 is 5.13. The van der Waals surface area contributed by atoms with Crippen LogP contribution in [0.2, 0.25) is 0 Å². The maximum absolute atomic E-state index is 12.5. The van der Waals surface area contributed by atoms with Crippen LogP contribution in [0.4, 0.5) is 0 Å². The first-order chi connectivity index (χ1) is 8.78. The molecule has 0 spiro atoms. The molecule has 2 heterocycles. The summed E-state index contributed by atoms with van der Waals surface area (Å²) in [6.45, 7) is 9.61. The molecule has 1 aliphatic heterocycles. The van der Waals surface area contributed by atoms with E-state index in [0.717, 1.165) is 25.1 Å². The lowest BCUT2D eigenvalue weighted by molar-refractivity contribution is 0.0667. The molecule has 19 heavy (non-hydrogen) atoms. The predicted molar refractivity (Wildman–Crippen MR) is 71.8 cm³/mol. The molecule has 2 atom stereocenters. The Kier molecular flexibility index (Phi) is 2.57. The molecule has 2 bridgehead atoms. The van der Waals surface area contributed by atoms with Crippen LogP contribution < -0.4 is 0 Å². The molecule has 1 aromatic heterocycles. The quantitative estimate of drug-likeness (QED) is 0.781. The molecule has 1 aliphatic carbocycles. The number of likely N-dealkylation sites (tertiary alicyclic amines) is 1. The highest BCUT2D eigenvalue weighted by Gasteiger charge is 2.51. The van der Waals surface area contributed by atoms with Crippen LogP contribution >= 0.6 is 0 Å². The molecule has 0 unspecified atom stereocenters. The van der Waals surface area contributed by atoms with Gasteiger partial charge in [0.2, 0.25) is 5.76 Å². The monoisotopic (exact) mass is 262 g/mol. The number of carbonyl (C=O) groups is 1. The van der Waals surface area contributed by atoms with Gasteiger partial charge in [-0.1, -0.05) is 25.9 Å². The van der Waals surface area contributed by atoms with E-state index in [4.69, 9.17) is 4.52 Å². The van der Waals surface area contributed by atoms with Gasteiger partial charge in [0.25, 0.3) is 5.91 Å². The fourth-order valence-electron chi connectivity index (χ4n) is 4.30. The van der Waals surface area contributed by atoms with Gasteiger partial charge >= 0.3 is 0 Å². The summed E-state index contributed by atoms with van der Waals surface area (Å²) in [5, 5.41) is 3.82. The fraction of sp³-hybridized carbons (Fsp3) is 0.733. The first-order valence-corrected chi connectivity index (χ1v) is 7.02. The van der Waals surface area contributed by atoms with Crippen LogP contribution in [0.15, 0.2) is 10.6 Å². The number of aryl methyl sites for hydroxylation is 1. The van der Waals surface area contributed by atoms with E-state index in [2.05, 4.69) is 25.9 Å². The van der Waals surface area contributed by atoms with Crippen molar-refractivity contribution in [1.82, 2.24) is 10.1 Å². The highest BCUT2D eigenvalue weighted by molar-refractivity contribution is 5.92. The summed E-state index contributed by atoms with van der Waals surface area (Å²) in [6.07, 6.45) is 3.40. The summed E-state index contributed by atoms with van der Waals surface area (Å²) in [6, 6.07) is 2.09. The van der Waals surface area contributed by atoms with Gasteiger partial charge in [-0.05, 0) is 37.0 Å². The molecule has 0 aromatic carbocycles. The third-order valence-electron chi connectivity index (χ3n) is 4.51. The van der Waals surface area contributed by atoms with E-state index in [0.29, 0.717) is 17.2 Å². The van der Waals surface area contributed by atoms with Gasteiger partial charge in [0.05, 0.1) is 5.69 Å². The molecule has 2 aliphatic rings. The highest BCUT2D eigenvalue weighted by atomic mass is 16.5. The van der Waals surface area contributed by atoms with Crippen molar-refractivity contribution in [2.24, 2.45) is 10.8 Å². The van der Waals surface area contributed by atoms with Gasteiger partial charge in [-0.25, -0.2) is 0 Å². The number of fused-ring (bicyclic) bond motifs is 2. The van der Waals surface area contributed by atoms with E-state index < -0.39 is 0 Å². The van der Waals surface area contributed by atoms with E-state index in [1.165, 1.54) is 6.42 Å². The van der Waals surface area contributed by atoms with Crippen molar-refractivity contribution < 1.29 is 9.32 Å². The number of hydrogen-bond donors (Lipinski definition) is 0. The van der Waals surface area contributed by atoms with Crippen molar-refractivity contribution in [3.05, 3.63) is 17.5 Å². The minimum Gasteiger partial charge on any atom is -0.351 e. The normalized spacial score (nSPS) is 32.6. The van der Waals surface area contributed by atoms with Crippen LogP contribution in [0.5, 0.6) is 0 Å². The number of rotatable bonds is 1. The van der Waals surface area contributed by atoms with Crippen molar-refractivity contribution in [1.29, 1.82) is 0 Å². The molecule has 0 N–H and O–H groups in total. The molecule has 1 amide bonds. The third-order valence-corrected chi connectivity index (χ3v) is 4.51. The van der Waals surface area contributed by atoms with Crippen LogP contribution in [0, 0.1) is 17.8 Å². The Morgan fingerprint density at radius 2 is 2.16 bits per heavy atom. The molecule has 104 valence electrons. The molecule has 1 saturated heterocycles. The largest absolute Gasteiger partial charge is 0.351 e. The zero-order valence-corrected chi connectivity index (χ0v) is 12.2. The van der Waals surface area contributed by atoms with Crippen LogP contribution in [-0.4, -0.2) is 28.6 Å². The Hall–Kier alpha value is -1.32. The second-order valence-corrected chi connectivity index (χ2v) is 7.48. The number of aromatic nitrogens is 1. The zero-order chi connectivity index (χ0) is 13.8. The smallest absolute Gasteiger partial charge is 0.292 e. The van der Waals surface area contributed by atoms with E-state index in [9.17, 15) is 4.79 Å². The van der Waals surface area contributed by atoms with Gasteiger partial charge in [-0.15, -0.1) is 0 Å². The van der Waals surface area contributed by atoms with Crippen molar-refractivity contribution in [2.45, 2.75) is 53.0 Å². The average molecular weight is 262 g/mol. The maximum Gasteiger partial charge on any atom is 0.292 e. The van der Waals surface area contributed by atoms with Gasteiger partial charge in [-0.3, -0.25) is 4.79 Å². The fourth-order valence-corrected chi connectivity index (χ4v) is 4.30. The lowest BCUT2D eigenvalue weighted by Gasteiger charge is -2.39. The van der Waals surface area contributed by atoms with Gasteiger partial charge < -0.3 is 9.42 Å². The summed E-state index contributed by atoms with van der Waals surface area (Å²) in [5.41, 5.74) is 1.35. The zero-order valence-electron chi connectivity index (χ0n) is 12.2. The molecule has 3 rings (SSSR count). The molecular weight excluding hydrogens is 240 g/mol. The van der Waals surface area contributed by atoms with Crippen LogP contribution in [0.1, 0.15) is 56.3 Å². The molecule has 1 saturated carbocycles. The summed E-state index contributed by atoms with van der Waals surface area (Å²) in [7, 11) is 0. The van der Waals surface area contributed by atoms with Gasteiger partial charge in [0.1, 0.15) is 0 Å². The minimum absolute atomic E-state index is 0.00650. The highest BCUT2D eigenvalue weighted by Crippen LogP contribution is 2.52. The maximum atomic E-state index is 12.5. The summed E-state index contributed by atoms with van der Waals surface area (Å²) in [5.74, 6) is 0.387. The van der Waals surface area contributed by atoms with Gasteiger partial charge in [-0.2, -0.15) is 0 Å². The molecular formula is C15H22N2O2. The molecule has 4 heteroatoms. The number of carbonyl (C=O) groups excluding carboxylic acids is 1. The lowest BCUT2D eigenvalue weighted by atomic mass is 9.65. The Morgan fingerprint density at radius 3 is 2.79 bits per heavy atom. The summed E-state index contributed by atoms with van der Waals surface area (Å²) in [4.78, 5) is 14.6. The van der Waals surface area contributed by atoms with Gasteiger partial charge in [0, 0.05) is 18.7 Å². The van der Waals surface area contributed by atoms with E-state index in [1.54, 1.807) is 6.07 Å². The van der Waals surface area contributed by atoms with Crippen molar-refractivity contribution in [2.75, 3.05) is 6.54 Å². The second-order valence-electron chi connectivity index (χ2n) is 7.48. The average Bonchev–Trinajstić information content (AvgIpc) is 2.78. The number of amides is 1. The van der Waals surface area contributed by atoms with Crippen molar-refractivity contribution in [3.8, 4) is 0 Å². The Labute approximate surface area is 114 Å².